The lowest BCUT2D eigenvalue weighted by Crippen LogP contribution is -2.29. The van der Waals surface area contributed by atoms with Crippen molar-refractivity contribution in [3.05, 3.63) is 24.3 Å². The molecule has 12 heteroatoms. The van der Waals surface area contributed by atoms with Crippen LogP contribution in [0.2, 0.25) is 0 Å². The molecular formula is C39H74NO10P. The molecule has 300 valence electrons. The van der Waals surface area contributed by atoms with Gasteiger partial charge in [-0.1, -0.05) is 115 Å². The largest absolute Gasteiger partial charge is 0.472 e. The van der Waals surface area contributed by atoms with Crippen LogP contribution in [0.3, 0.4) is 0 Å². The van der Waals surface area contributed by atoms with Gasteiger partial charge in [0.1, 0.15) is 6.61 Å². The van der Waals surface area contributed by atoms with E-state index in [1.165, 1.54) is 38.5 Å². The minimum absolute atomic E-state index is 0.0297. The number of hydrogen-bond donors (Lipinski definition) is 4. The van der Waals surface area contributed by atoms with Crippen LogP contribution in [-0.2, 0) is 32.7 Å². The van der Waals surface area contributed by atoms with E-state index in [2.05, 4.69) is 32.1 Å². The maximum absolute atomic E-state index is 12.5. The molecule has 0 rings (SSSR count). The van der Waals surface area contributed by atoms with Crippen molar-refractivity contribution < 1.29 is 47.8 Å². The van der Waals surface area contributed by atoms with E-state index in [-0.39, 0.29) is 32.6 Å². The normalized spacial score (nSPS) is 14.9. The number of aliphatic hydroxyl groups excluding tert-OH is 2. The number of phosphoric acid groups is 1. The van der Waals surface area contributed by atoms with Crippen LogP contribution in [0.5, 0.6) is 0 Å². The summed E-state index contributed by atoms with van der Waals surface area (Å²) in [5.74, 6) is -0.951. The summed E-state index contributed by atoms with van der Waals surface area (Å²) in [5, 5.41) is 20.4. The standard InChI is InChI=1S/C39H74NO10P/c1-3-5-7-9-11-12-13-14-15-16-17-21-26-30-39(44)50-35(34-49-51(45,46)48-32-31-40)33-47-38(43)29-25-22-18-20-24-28-37(42)36(41)27-23-19-10-8-6-4-2/h12-13,19,23,35-37,41-42H,3-11,14-18,20-22,24-34,40H2,1-2H3,(H,45,46)/b13-12-,23-19-/t35-,36-,37-/m1/s1. The number of allylic oxidation sites excluding steroid dienone is 3. The highest BCUT2D eigenvalue weighted by atomic mass is 31.2. The summed E-state index contributed by atoms with van der Waals surface area (Å²) in [4.78, 5) is 34.8. The molecule has 0 amide bonds. The molecule has 0 aromatic carbocycles. The fraction of sp³-hybridized carbons (Fsp3) is 0.846. The van der Waals surface area contributed by atoms with Gasteiger partial charge in [-0.2, -0.15) is 0 Å². The summed E-state index contributed by atoms with van der Waals surface area (Å²) >= 11 is 0. The maximum Gasteiger partial charge on any atom is 0.472 e. The first kappa shape index (κ1) is 49.4. The van der Waals surface area contributed by atoms with E-state index >= 15 is 0 Å². The van der Waals surface area contributed by atoms with Crippen molar-refractivity contribution in [2.45, 2.75) is 186 Å². The Hall–Kier alpha value is -1.59. The van der Waals surface area contributed by atoms with Crippen LogP contribution in [0.25, 0.3) is 0 Å². The molecule has 0 radical (unpaired) electrons. The van der Waals surface area contributed by atoms with Gasteiger partial charge in [0.05, 0.1) is 25.4 Å². The Labute approximate surface area is 309 Å². The number of carbonyl (C=O) groups excluding carboxylic acids is 2. The summed E-state index contributed by atoms with van der Waals surface area (Å²) in [5.41, 5.74) is 5.32. The van der Waals surface area contributed by atoms with Gasteiger partial charge in [0.15, 0.2) is 6.10 Å². The molecule has 0 fully saturated rings. The van der Waals surface area contributed by atoms with Crippen molar-refractivity contribution in [2.75, 3.05) is 26.4 Å². The first-order chi connectivity index (χ1) is 24.6. The first-order valence-corrected chi connectivity index (χ1v) is 21.5. The van der Waals surface area contributed by atoms with Gasteiger partial charge in [-0.05, 0) is 64.2 Å². The molecule has 0 heterocycles. The van der Waals surface area contributed by atoms with Crippen molar-refractivity contribution in [2.24, 2.45) is 5.73 Å². The molecule has 1 unspecified atom stereocenters. The van der Waals surface area contributed by atoms with Gasteiger partial charge in [0.2, 0.25) is 0 Å². The second kappa shape index (κ2) is 35.4. The minimum atomic E-state index is -4.41. The molecule has 11 nitrogen and oxygen atoms in total. The second-order valence-corrected chi connectivity index (χ2v) is 14.9. The van der Waals surface area contributed by atoms with E-state index in [0.29, 0.717) is 25.7 Å². The van der Waals surface area contributed by atoms with Gasteiger partial charge in [-0.15, -0.1) is 0 Å². The quantitative estimate of drug-likeness (QED) is 0.0207. The number of ether oxygens (including phenoxy) is 2. The molecule has 0 saturated carbocycles. The van der Waals surface area contributed by atoms with E-state index < -0.39 is 44.7 Å². The summed E-state index contributed by atoms with van der Waals surface area (Å²) in [6.07, 6.45) is 28.0. The van der Waals surface area contributed by atoms with Gasteiger partial charge in [0, 0.05) is 19.4 Å². The fourth-order valence-corrected chi connectivity index (χ4v) is 6.12. The number of nitrogens with two attached hydrogens (primary N) is 1. The zero-order valence-electron chi connectivity index (χ0n) is 32.1. The Morgan fingerprint density at radius 2 is 1.16 bits per heavy atom. The molecular weight excluding hydrogens is 673 g/mol. The lowest BCUT2D eigenvalue weighted by atomic mass is 10.0. The van der Waals surface area contributed by atoms with E-state index in [1.807, 2.05) is 6.08 Å². The molecule has 51 heavy (non-hydrogen) atoms. The van der Waals surface area contributed by atoms with E-state index in [9.17, 15) is 29.3 Å². The van der Waals surface area contributed by atoms with Crippen LogP contribution in [0.4, 0.5) is 0 Å². The Morgan fingerprint density at radius 1 is 0.647 bits per heavy atom. The third-order valence-electron chi connectivity index (χ3n) is 8.51. The third-order valence-corrected chi connectivity index (χ3v) is 9.49. The Balaban J connectivity index is 4.33. The van der Waals surface area contributed by atoms with Crippen molar-refractivity contribution in [3.63, 3.8) is 0 Å². The molecule has 4 atom stereocenters. The molecule has 0 spiro atoms. The van der Waals surface area contributed by atoms with Crippen LogP contribution < -0.4 is 5.73 Å². The van der Waals surface area contributed by atoms with Crippen LogP contribution in [0, 0.1) is 0 Å². The lowest BCUT2D eigenvalue weighted by Gasteiger charge is -2.20. The number of rotatable bonds is 37. The molecule has 0 aliphatic carbocycles. The molecule has 0 saturated heterocycles. The minimum Gasteiger partial charge on any atom is -0.462 e. The first-order valence-electron chi connectivity index (χ1n) is 20.0. The van der Waals surface area contributed by atoms with Gasteiger partial charge >= 0.3 is 19.8 Å². The number of unbranched alkanes of at least 4 members (excludes halogenated alkanes) is 16. The maximum atomic E-state index is 12.5. The van der Waals surface area contributed by atoms with Crippen molar-refractivity contribution >= 4 is 19.8 Å². The third kappa shape index (κ3) is 34.0. The van der Waals surface area contributed by atoms with E-state index in [1.54, 1.807) is 0 Å². The fourth-order valence-electron chi connectivity index (χ4n) is 5.36. The van der Waals surface area contributed by atoms with Gasteiger partial charge < -0.3 is 30.3 Å². The van der Waals surface area contributed by atoms with E-state index in [0.717, 1.165) is 77.0 Å². The van der Waals surface area contributed by atoms with Crippen LogP contribution in [-0.4, -0.2) is 71.7 Å². The predicted molar refractivity (Wildman–Crippen MR) is 204 cm³/mol. The van der Waals surface area contributed by atoms with Crippen molar-refractivity contribution in [1.82, 2.24) is 0 Å². The van der Waals surface area contributed by atoms with Crippen LogP contribution in [0.1, 0.15) is 168 Å². The summed E-state index contributed by atoms with van der Waals surface area (Å²) in [7, 11) is -4.41. The average molecular weight is 748 g/mol. The number of aliphatic hydroxyl groups is 2. The summed E-state index contributed by atoms with van der Waals surface area (Å²) in [6.45, 7) is 3.46. The summed E-state index contributed by atoms with van der Waals surface area (Å²) < 4.78 is 32.6. The van der Waals surface area contributed by atoms with Gasteiger partial charge in [-0.3, -0.25) is 18.6 Å². The highest BCUT2D eigenvalue weighted by molar-refractivity contribution is 7.47. The average Bonchev–Trinajstić information content (AvgIpc) is 3.11. The van der Waals surface area contributed by atoms with E-state index in [4.69, 9.17) is 24.3 Å². The Bertz CT molecular complexity index is 932. The zero-order valence-corrected chi connectivity index (χ0v) is 33.0. The number of hydrogen-bond acceptors (Lipinski definition) is 10. The lowest BCUT2D eigenvalue weighted by molar-refractivity contribution is -0.161. The van der Waals surface area contributed by atoms with Crippen LogP contribution in [0.15, 0.2) is 24.3 Å². The molecule has 0 aliphatic rings. The molecule has 0 bridgehead atoms. The molecule has 0 aromatic rings. The smallest absolute Gasteiger partial charge is 0.462 e. The second-order valence-electron chi connectivity index (χ2n) is 13.5. The number of esters is 2. The monoisotopic (exact) mass is 748 g/mol. The number of carbonyl (C=O) groups is 2. The molecule has 0 aromatic heterocycles. The molecule has 0 aliphatic heterocycles. The van der Waals surface area contributed by atoms with Gasteiger partial charge in [-0.25, -0.2) is 4.57 Å². The highest BCUT2D eigenvalue weighted by Gasteiger charge is 2.26. The number of phosphoric ester groups is 1. The topological polar surface area (TPSA) is 175 Å². The Kier molecular flexibility index (Phi) is 34.3. The summed E-state index contributed by atoms with van der Waals surface area (Å²) in [6, 6.07) is 0. The van der Waals surface area contributed by atoms with Crippen molar-refractivity contribution in [1.29, 1.82) is 0 Å². The predicted octanol–water partition coefficient (Wildman–Crippen LogP) is 8.77. The van der Waals surface area contributed by atoms with Crippen molar-refractivity contribution in [3.8, 4) is 0 Å². The highest BCUT2D eigenvalue weighted by Crippen LogP contribution is 2.43. The van der Waals surface area contributed by atoms with Gasteiger partial charge in [0.25, 0.3) is 0 Å². The SMILES string of the molecule is CCCCC/C=C\C[C@@H](O)[C@H](O)CCCCCCCC(=O)OC[C@H](COP(=O)(O)OCCN)OC(=O)CCCCCCC/C=C\CCCCCC. The Morgan fingerprint density at radius 3 is 1.78 bits per heavy atom. The molecule has 5 N–H and O–H groups in total. The zero-order chi connectivity index (χ0) is 37.8. The van der Waals surface area contributed by atoms with Crippen LogP contribution >= 0.6 is 7.82 Å².